The van der Waals surface area contributed by atoms with Gasteiger partial charge in [0.25, 0.3) is 0 Å². The Morgan fingerprint density at radius 3 is 2.50 bits per heavy atom. The summed E-state index contributed by atoms with van der Waals surface area (Å²) < 4.78 is 0. The van der Waals surface area contributed by atoms with Gasteiger partial charge in [0.1, 0.15) is 6.42 Å². The van der Waals surface area contributed by atoms with Gasteiger partial charge in [-0.25, -0.2) is 0 Å². The van der Waals surface area contributed by atoms with Gasteiger partial charge in [-0.2, -0.15) is 0 Å². The number of hydrogen-bond acceptors (Lipinski definition) is 3. The zero-order valence-electron chi connectivity index (χ0n) is 12.0. The highest BCUT2D eigenvalue weighted by Crippen LogP contribution is 2.23. The number of carbonyl (C=O) groups is 2. The maximum Gasteiger partial charge on any atom is 0.232 e. The van der Waals surface area contributed by atoms with Gasteiger partial charge in [-0.05, 0) is 18.9 Å². The van der Waals surface area contributed by atoms with E-state index in [1.807, 2.05) is 37.3 Å². The van der Waals surface area contributed by atoms with Crippen LogP contribution in [0.1, 0.15) is 31.4 Å². The van der Waals surface area contributed by atoms with Crippen LogP contribution in [0.15, 0.2) is 30.3 Å². The number of rotatable bonds is 7. The Bertz CT molecular complexity index is 434. The number of hydrogen-bond donors (Lipinski definition) is 2. The molecule has 0 aliphatic rings. The molecule has 0 fully saturated rings. The van der Waals surface area contributed by atoms with Crippen LogP contribution in [0.5, 0.6) is 0 Å². The molecular formula is C15H22N2O3. The average molecular weight is 278 g/mol. The number of amides is 2. The molecule has 0 spiro atoms. The van der Waals surface area contributed by atoms with Crippen LogP contribution in [0, 0.1) is 0 Å². The topological polar surface area (TPSA) is 69.6 Å². The van der Waals surface area contributed by atoms with Crippen molar-refractivity contribution in [3.8, 4) is 0 Å². The Morgan fingerprint density at radius 2 is 1.95 bits per heavy atom. The third-order valence-corrected chi connectivity index (χ3v) is 3.13. The fourth-order valence-electron chi connectivity index (χ4n) is 2.08. The Labute approximate surface area is 119 Å². The summed E-state index contributed by atoms with van der Waals surface area (Å²) in [6, 6.07) is 9.29. The molecule has 0 aromatic heterocycles. The summed E-state index contributed by atoms with van der Waals surface area (Å²) >= 11 is 0. The predicted molar refractivity (Wildman–Crippen MR) is 77.0 cm³/mol. The molecule has 0 saturated heterocycles. The summed E-state index contributed by atoms with van der Waals surface area (Å²) in [6.45, 7) is 2.30. The van der Waals surface area contributed by atoms with Gasteiger partial charge in [0.2, 0.25) is 11.8 Å². The summed E-state index contributed by atoms with van der Waals surface area (Å²) in [5.41, 5.74) is 0.952. The zero-order valence-corrected chi connectivity index (χ0v) is 12.0. The molecular weight excluding hydrogens is 256 g/mol. The van der Waals surface area contributed by atoms with E-state index in [1.165, 1.54) is 4.90 Å². The Kier molecular flexibility index (Phi) is 6.73. The van der Waals surface area contributed by atoms with Gasteiger partial charge in [0.15, 0.2) is 0 Å². The van der Waals surface area contributed by atoms with E-state index < -0.39 is 0 Å². The highest BCUT2D eigenvalue weighted by Gasteiger charge is 2.22. The van der Waals surface area contributed by atoms with Crippen molar-refractivity contribution in [2.45, 2.75) is 25.8 Å². The first-order chi connectivity index (χ1) is 9.60. The standard InChI is InChI=1S/C15H22N2O3/c1-3-16-14(19)11-15(20)17(2)13(9-10-18)12-7-5-4-6-8-12/h4-8,13,18H,3,9-11H2,1-2H3,(H,16,19). The number of nitrogens with one attached hydrogen (secondary N) is 1. The van der Waals surface area contributed by atoms with Gasteiger partial charge in [0.05, 0.1) is 6.04 Å². The highest BCUT2D eigenvalue weighted by molar-refractivity contribution is 5.96. The van der Waals surface area contributed by atoms with Gasteiger partial charge in [0, 0.05) is 20.2 Å². The molecule has 0 bridgehead atoms. The SMILES string of the molecule is CCNC(=O)CC(=O)N(C)C(CCO)c1ccccc1. The van der Waals surface area contributed by atoms with Gasteiger partial charge >= 0.3 is 0 Å². The Balaban J connectivity index is 2.76. The van der Waals surface area contributed by atoms with Gasteiger partial charge in [-0.1, -0.05) is 30.3 Å². The van der Waals surface area contributed by atoms with Crippen molar-refractivity contribution >= 4 is 11.8 Å². The van der Waals surface area contributed by atoms with Gasteiger partial charge in [-0.15, -0.1) is 0 Å². The maximum absolute atomic E-state index is 12.1. The minimum absolute atomic E-state index is 0.0155. The number of benzene rings is 1. The summed E-state index contributed by atoms with van der Waals surface area (Å²) in [7, 11) is 1.66. The van der Waals surface area contributed by atoms with Crippen LogP contribution < -0.4 is 5.32 Å². The molecule has 0 heterocycles. The normalized spacial score (nSPS) is 11.8. The fourth-order valence-corrected chi connectivity index (χ4v) is 2.08. The van der Waals surface area contributed by atoms with Crippen molar-refractivity contribution in [1.29, 1.82) is 0 Å². The second kappa shape index (κ2) is 8.32. The molecule has 20 heavy (non-hydrogen) atoms. The summed E-state index contributed by atoms with van der Waals surface area (Å²) in [5.74, 6) is -0.529. The lowest BCUT2D eigenvalue weighted by Crippen LogP contribution is -2.36. The maximum atomic E-state index is 12.1. The number of nitrogens with zero attached hydrogens (tertiary/aromatic N) is 1. The molecule has 1 atom stereocenters. The van der Waals surface area contributed by atoms with Crippen LogP contribution in [0.2, 0.25) is 0 Å². The van der Waals surface area contributed by atoms with Crippen LogP contribution in [-0.2, 0) is 9.59 Å². The van der Waals surface area contributed by atoms with Gasteiger partial charge < -0.3 is 15.3 Å². The second-order valence-electron chi connectivity index (χ2n) is 4.57. The van der Waals surface area contributed by atoms with E-state index in [0.717, 1.165) is 5.56 Å². The van der Waals surface area contributed by atoms with E-state index in [-0.39, 0.29) is 30.9 Å². The van der Waals surface area contributed by atoms with Crippen LogP contribution in [-0.4, -0.2) is 42.0 Å². The van der Waals surface area contributed by atoms with Crippen molar-refractivity contribution in [2.75, 3.05) is 20.2 Å². The minimum atomic E-state index is -0.278. The third kappa shape index (κ3) is 4.66. The molecule has 2 N–H and O–H groups in total. The van der Waals surface area contributed by atoms with E-state index in [4.69, 9.17) is 0 Å². The molecule has 1 rings (SSSR count). The number of aliphatic hydroxyl groups excluding tert-OH is 1. The van der Waals surface area contributed by atoms with E-state index in [1.54, 1.807) is 7.05 Å². The first-order valence-corrected chi connectivity index (χ1v) is 6.78. The van der Waals surface area contributed by atoms with E-state index >= 15 is 0 Å². The Morgan fingerprint density at radius 1 is 1.30 bits per heavy atom. The molecule has 1 aromatic carbocycles. The largest absolute Gasteiger partial charge is 0.396 e. The van der Waals surface area contributed by atoms with Crippen molar-refractivity contribution in [2.24, 2.45) is 0 Å². The lowest BCUT2D eigenvalue weighted by atomic mass is 10.0. The molecule has 1 aromatic rings. The lowest BCUT2D eigenvalue weighted by Gasteiger charge is -2.28. The monoisotopic (exact) mass is 278 g/mol. The quantitative estimate of drug-likeness (QED) is 0.734. The molecule has 0 radical (unpaired) electrons. The molecule has 0 saturated carbocycles. The van der Waals surface area contributed by atoms with Gasteiger partial charge in [-0.3, -0.25) is 9.59 Å². The fraction of sp³-hybridized carbons (Fsp3) is 0.467. The highest BCUT2D eigenvalue weighted by atomic mass is 16.3. The Hall–Kier alpha value is -1.88. The molecule has 1 unspecified atom stereocenters. The van der Waals surface area contributed by atoms with Crippen molar-refractivity contribution in [1.82, 2.24) is 10.2 Å². The van der Waals surface area contributed by atoms with E-state index in [2.05, 4.69) is 5.32 Å². The van der Waals surface area contributed by atoms with Crippen LogP contribution in [0.25, 0.3) is 0 Å². The van der Waals surface area contributed by atoms with Crippen molar-refractivity contribution < 1.29 is 14.7 Å². The first kappa shape index (κ1) is 16.2. The molecule has 0 aliphatic carbocycles. The molecule has 110 valence electrons. The molecule has 0 aliphatic heterocycles. The number of aliphatic hydroxyl groups is 1. The predicted octanol–water partition coefficient (Wildman–Crippen LogP) is 1.09. The summed E-state index contributed by atoms with van der Waals surface area (Å²) in [5, 5.41) is 11.8. The second-order valence-corrected chi connectivity index (χ2v) is 4.57. The van der Waals surface area contributed by atoms with Crippen LogP contribution in [0.3, 0.4) is 0 Å². The lowest BCUT2D eigenvalue weighted by molar-refractivity contribution is -0.137. The van der Waals surface area contributed by atoms with Crippen molar-refractivity contribution in [3.05, 3.63) is 35.9 Å². The zero-order chi connectivity index (χ0) is 15.0. The average Bonchev–Trinajstić information content (AvgIpc) is 2.45. The molecule has 5 heteroatoms. The third-order valence-electron chi connectivity index (χ3n) is 3.13. The van der Waals surface area contributed by atoms with Crippen molar-refractivity contribution in [3.63, 3.8) is 0 Å². The smallest absolute Gasteiger partial charge is 0.232 e. The molecule has 5 nitrogen and oxygen atoms in total. The number of carbonyl (C=O) groups excluding carboxylic acids is 2. The van der Waals surface area contributed by atoms with Crippen LogP contribution >= 0.6 is 0 Å². The molecule has 2 amide bonds. The van der Waals surface area contributed by atoms with E-state index in [9.17, 15) is 14.7 Å². The minimum Gasteiger partial charge on any atom is -0.396 e. The first-order valence-electron chi connectivity index (χ1n) is 6.78. The summed E-state index contributed by atoms with van der Waals surface area (Å²) in [4.78, 5) is 25.1. The summed E-state index contributed by atoms with van der Waals surface area (Å²) in [6.07, 6.45) is 0.279. The van der Waals surface area contributed by atoms with E-state index in [0.29, 0.717) is 13.0 Å². The van der Waals surface area contributed by atoms with Crippen LogP contribution in [0.4, 0.5) is 0 Å².